The van der Waals surface area contributed by atoms with Crippen LogP contribution in [0.15, 0.2) is 0 Å². The maximum atomic E-state index is 10.4. The van der Waals surface area contributed by atoms with Gasteiger partial charge in [0.15, 0.2) is 0 Å². The van der Waals surface area contributed by atoms with E-state index in [-0.39, 0.29) is 35.5 Å². The summed E-state index contributed by atoms with van der Waals surface area (Å²) in [6.07, 6.45) is 12.1. The second-order valence-electron chi connectivity index (χ2n) is 4.56. The summed E-state index contributed by atoms with van der Waals surface area (Å²) in [6, 6.07) is 0. The van der Waals surface area contributed by atoms with E-state index in [0.29, 0.717) is 6.42 Å². The third kappa shape index (κ3) is 38.1. The van der Waals surface area contributed by atoms with Crippen molar-refractivity contribution in [1.82, 2.24) is 0 Å². The van der Waals surface area contributed by atoms with Crippen molar-refractivity contribution < 1.29 is 14.7 Å². The van der Waals surface area contributed by atoms with Crippen LogP contribution in [0, 0.1) is 0 Å². The first-order chi connectivity index (χ1) is 8.50. The summed E-state index contributed by atoms with van der Waals surface area (Å²) in [5.41, 5.74) is 5.05. The van der Waals surface area contributed by atoms with Crippen molar-refractivity contribution in [3.63, 3.8) is 0 Å². The van der Waals surface area contributed by atoms with Crippen molar-refractivity contribution >= 4 is 41.4 Å². The van der Waals surface area contributed by atoms with Crippen LogP contribution in [0.5, 0.6) is 0 Å². The van der Waals surface area contributed by atoms with Gasteiger partial charge in [0.25, 0.3) is 5.97 Å². The molecule has 0 spiro atoms. The van der Waals surface area contributed by atoms with Gasteiger partial charge in [-0.05, 0) is 6.42 Å². The number of hydrogen-bond donors (Lipinski definition) is 2. The number of hydrogen-bond acceptors (Lipinski definition) is 2. The predicted molar refractivity (Wildman–Crippen MR) is 81.5 cm³/mol. The number of carbonyl (C=O) groups is 2. The zero-order valence-corrected chi connectivity index (χ0v) is 11.9. The van der Waals surface area contributed by atoms with Gasteiger partial charge in [-0.3, -0.25) is 9.59 Å². The van der Waals surface area contributed by atoms with E-state index in [1.807, 2.05) is 0 Å². The van der Waals surface area contributed by atoms with Gasteiger partial charge in [0.1, 0.15) is 0 Å². The Morgan fingerprint density at radius 2 is 1.21 bits per heavy atom. The Kier molecular flexibility index (Phi) is 25.6. The van der Waals surface area contributed by atoms with Crippen molar-refractivity contribution in [3.05, 3.63) is 0 Å². The molecule has 0 rings (SSSR count). The summed E-state index contributed by atoms with van der Waals surface area (Å²) >= 11 is 0. The third-order valence-corrected chi connectivity index (χ3v) is 2.53. The Morgan fingerprint density at radius 3 is 1.53 bits per heavy atom. The molecule has 110 valence electrons. The van der Waals surface area contributed by atoms with Crippen molar-refractivity contribution in [1.29, 1.82) is 0 Å². The van der Waals surface area contributed by atoms with E-state index in [1.165, 1.54) is 44.9 Å². The molecule has 0 aliphatic rings. The standard InChI is InChI=1S/C12H25NO.C2H4O2.Na.H/c1-2-3-4-5-6-7-8-9-10-11-12(13)14;1-2(3)4;;/h2-11H2,1H3,(H2,13,14);1H3,(H,3,4);;. The average Bonchev–Trinajstić information content (AvgIpc) is 2.26. The number of amides is 1. The van der Waals surface area contributed by atoms with Crippen LogP contribution in [0.2, 0.25) is 0 Å². The summed E-state index contributed by atoms with van der Waals surface area (Å²) < 4.78 is 0. The van der Waals surface area contributed by atoms with Gasteiger partial charge in [-0.1, -0.05) is 58.3 Å². The summed E-state index contributed by atoms with van der Waals surface area (Å²) in [4.78, 5) is 19.4. The van der Waals surface area contributed by atoms with Gasteiger partial charge in [-0.2, -0.15) is 0 Å². The zero-order valence-electron chi connectivity index (χ0n) is 11.9. The van der Waals surface area contributed by atoms with Crippen molar-refractivity contribution in [2.45, 2.75) is 78.1 Å². The molecule has 0 radical (unpaired) electrons. The minimum absolute atomic E-state index is 0. The Bertz CT molecular complexity index is 207. The normalized spacial score (nSPS) is 8.95. The first kappa shape index (κ1) is 24.0. The number of carboxylic acid groups (broad SMARTS) is 1. The SMILES string of the molecule is CC(=O)O.CCCCCCCCCCCC(N)=O.[NaH]. The molecule has 0 saturated carbocycles. The van der Waals surface area contributed by atoms with Crippen molar-refractivity contribution in [3.8, 4) is 0 Å². The molecule has 0 aromatic heterocycles. The van der Waals surface area contributed by atoms with Crippen LogP contribution in [0.3, 0.4) is 0 Å². The van der Waals surface area contributed by atoms with E-state index in [0.717, 1.165) is 19.8 Å². The van der Waals surface area contributed by atoms with E-state index in [9.17, 15) is 4.79 Å². The van der Waals surface area contributed by atoms with E-state index >= 15 is 0 Å². The molecule has 4 nitrogen and oxygen atoms in total. The summed E-state index contributed by atoms with van der Waals surface area (Å²) in [5, 5.41) is 7.42. The van der Waals surface area contributed by atoms with Gasteiger partial charge in [0, 0.05) is 13.3 Å². The number of carboxylic acids is 1. The number of primary amides is 1. The molecule has 0 aromatic carbocycles. The average molecular weight is 283 g/mol. The topological polar surface area (TPSA) is 80.4 Å². The fourth-order valence-electron chi connectivity index (χ4n) is 1.61. The molecule has 0 aliphatic heterocycles. The van der Waals surface area contributed by atoms with Crippen LogP contribution in [-0.4, -0.2) is 46.5 Å². The van der Waals surface area contributed by atoms with Crippen LogP contribution in [0.25, 0.3) is 0 Å². The van der Waals surface area contributed by atoms with Crippen LogP contribution in [0.1, 0.15) is 78.1 Å². The molecular weight excluding hydrogens is 253 g/mol. The molecule has 0 heterocycles. The molecule has 0 aromatic rings. The van der Waals surface area contributed by atoms with Gasteiger partial charge >= 0.3 is 29.6 Å². The molecule has 0 aliphatic carbocycles. The Hall–Kier alpha value is -0.0600. The van der Waals surface area contributed by atoms with Gasteiger partial charge in [0.2, 0.25) is 5.91 Å². The number of unbranched alkanes of at least 4 members (excludes halogenated alkanes) is 8. The van der Waals surface area contributed by atoms with Gasteiger partial charge in [-0.25, -0.2) is 0 Å². The third-order valence-electron chi connectivity index (χ3n) is 2.53. The van der Waals surface area contributed by atoms with E-state index in [4.69, 9.17) is 15.6 Å². The van der Waals surface area contributed by atoms with Crippen LogP contribution in [0.4, 0.5) is 0 Å². The number of carbonyl (C=O) groups excluding carboxylic acids is 1. The van der Waals surface area contributed by atoms with Crippen LogP contribution < -0.4 is 5.73 Å². The summed E-state index contributed by atoms with van der Waals surface area (Å²) in [6.45, 7) is 3.32. The van der Waals surface area contributed by atoms with Crippen LogP contribution in [-0.2, 0) is 9.59 Å². The molecular formula is C14H30NNaO3. The van der Waals surface area contributed by atoms with Gasteiger partial charge < -0.3 is 10.8 Å². The number of nitrogens with two attached hydrogens (primary N) is 1. The van der Waals surface area contributed by atoms with Crippen molar-refractivity contribution in [2.24, 2.45) is 5.73 Å². The molecule has 19 heavy (non-hydrogen) atoms. The van der Waals surface area contributed by atoms with Crippen LogP contribution >= 0.6 is 0 Å². The van der Waals surface area contributed by atoms with E-state index in [2.05, 4.69) is 6.92 Å². The second-order valence-corrected chi connectivity index (χ2v) is 4.56. The quantitative estimate of drug-likeness (QED) is 0.478. The Labute approximate surface area is 139 Å². The summed E-state index contributed by atoms with van der Waals surface area (Å²) in [7, 11) is 0. The summed E-state index contributed by atoms with van der Waals surface area (Å²) in [5.74, 6) is -0.993. The first-order valence-corrected chi connectivity index (χ1v) is 6.98. The van der Waals surface area contributed by atoms with E-state index in [1.54, 1.807) is 0 Å². The monoisotopic (exact) mass is 283 g/mol. The molecule has 0 unspecified atom stereocenters. The second kappa shape index (κ2) is 20.3. The maximum absolute atomic E-state index is 10.4. The number of aliphatic carboxylic acids is 1. The molecule has 0 fully saturated rings. The zero-order chi connectivity index (χ0) is 14.2. The number of rotatable bonds is 10. The molecule has 0 bridgehead atoms. The molecule has 5 heteroatoms. The molecule has 1 amide bonds. The minimum atomic E-state index is -0.833. The van der Waals surface area contributed by atoms with Gasteiger partial charge in [0.05, 0.1) is 0 Å². The Balaban J connectivity index is -0.000000448. The first-order valence-electron chi connectivity index (χ1n) is 6.98. The fourth-order valence-corrected chi connectivity index (χ4v) is 1.61. The molecule has 0 atom stereocenters. The van der Waals surface area contributed by atoms with Crippen molar-refractivity contribution in [2.75, 3.05) is 0 Å². The van der Waals surface area contributed by atoms with Gasteiger partial charge in [-0.15, -0.1) is 0 Å². The molecule has 3 N–H and O–H groups in total. The predicted octanol–water partition coefficient (Wildman–Crippen LogP) is 2.84. The Morgan fingerprint density at radius 1 is 0.895 bits per heavy atom. The van der Waals surface area contributed by atoms with E-state index < -0.39 is 5.97 Å². The fraction of sp³-hybridized carbons (Fsp3) is 0.857. The molecule has 0 saturated heterocycles.